The zero-order chi connectivity index (χ0) is 22.0. The molecule has 1 aromatic heterocycles. The number of aromatic nitrogens is 2. The number of nitrogens with zero attached hydrogens (tertiary/aromatic N) is 5. The van der Waals surface area contributed by atoms with Gasteiger partial charge in [-0.15, -0.1) is 10.2 Å². The summed E-state index contributed by atoms with van der Waals surface area (Å²) in [5.41, 5.74) is 2.24. The van der Waals surface area contributed by atoms with Gasteiger partial charge >= 0.3 is 0 Å². The predicted molar refractivity (Wildman–Crippen MR) is 118 cm³/mol. The van der Waals surface area contributed by atoms with Gasteiger partial charge in [0.1, 0.15) is 0 Å². The molecule has 1 amide bonds. The number of amides is 1. The van der Waals surface area contributed by atoms with Gasteiger partial charge in [0.05, 0.1) is 15.6 Å². The SMILES string of the molecule is Cc1c(C(=O)N2CCN(c3ccc(-c4ccccc4Cl)nn3)CC2)cccc1[N+](=O)[O-]. The lowest BCUT2D eigenvalue weighted by Crippen LogP contribution is -2.49. The van der Waals surface area contributed by atoms with Crippen molar-refractivity contribution in [2.75, 3.05) is 31.1 Å². The lowest BCUT2D eigenvalue weighted by molar-refractivity contribution is -0.385. The molecule has 158 valence electrons. The first-order chi connectivity index (χ1) is 15.0. The number of rotatable bonds is 4. The summed E-state index contributed by atoms with van der Waals surface area (Å²) in [7, 11) is 0. The molecule has 0 unspecified atom stereocenters. The van der Waals surface area contributed by atoms with Gasteiger partial charge in [0.15, 0.2) is 5.82 Å². The Morgan fingerprint density at radius 1 is 1.00 bits per heavy atom. The van der Waals surface area contributed by atoms with E-state index >= 15 is 0 Å². The Labute approximate surface area is 184 Å². The summed E-state index contributed by atoms with van der Waals surface area (Å²) in [4.78, 5) is 27.4. The molecule has 1 aliphatic rings. The molecule has 2 heterocycles. The summed E-state index contributed by atoms with van der Waals surface area (Å²) >= 11 is 6.23. The van der Waals surface area contributed by atoms with Gasteiger partial charge in [0, 0.05) is 48.9 Å². The minimum atomic E-state index is -0.463. The van der Waals surface area contributed by atoms with Gasteiger partial charge in [-0.25, -0.2) is 0 Å². The van der Waals surface area contributed by atoms with E-state index in [9.17, 15) is 14.9 Å². The zero-order valence-corrected chi connectivity index (χ0v) is 17.6. The molecule has 8 nitrogen and oxygen atoms in total. The van der Waals surface area contributed by atoms with Crippen LogP contribution >= 0.6 is 11.6 Å². The van der Waals surface area contributed by atoms with Crippen LogP contribution in [-0.4, -0.2) is 52.1 Å². The summed E-state index contributed by atoms with van der Waals surface area (Å²) in [5, 5.41) is 20.4. The maximum Gasteiger partial charge on any atom is 0.273 e. The maximum absolute atomic E-state index is 12.9. The standard InChI is InChI=1S/C22H20ClN5O3/c1-15-16(6-4-8-20(15)28(30)31)22(29)27-13-11-26(12-14-27)21-10-9-19(24-25-21)17-5-2-3-7-18(17)23/h2-10H,11-14H2,1H3. The van der Waals surface area contributed by atoms with Crippen LogP contribution in [0.15, 0.2) is 54.6 Å². The van der Waals surface area contributed by atoms with Crippen molar-refractivity contribution in [3.63, 3.8) is 0 Å². The van der Waals surface area contributed by atoms with E-state index in [1.165, 1.54) is 6.07 Å². The van der Waals surface area contributed by atoms with E-state index in [-0.39, 0.29) is 11.6 Å². The molecule has 2 aromatic carbocycles. The number of anilines is 1. The Balaban J connectivity index is 1.43. The molecule has 9 heteroatoms. The van der Waals surface area contributed by atoms with Crippen molar-refractivity contribution in [3.05, 3.63) is 80.9 Å². The van der Waals surface area contributed by atoms with Crippen LogP contribution < -0.4 is 4.90 Å². The molecule has 0 spiro atoms. The van der Waals surface area contributed by atoms with Gasteiger partial charge in [-0.1, -0.05) is 35.9 Å². The second-order valence-corrected chi connectivity index (χ2v) is 7.65. The molecule has 0 saturated carbocycles. The van der Waals surface area contributed by atoms with Crippen LogP contribution in [0.25, 0.3) is 11.3 Å². The molecule has 1 aliphatic heterocycles. The number of benzene rings is 2. The molecule has 0 N–H and O–H groups in total. The van der Waals surface area contributed by atoms with Crippen molar-refractivity contribution in [2.45, 2.75) is 6.92 Å². The highest BCUT2D eigenvalue weighted by atomic mass is 35.5. The van der Waals surface area contributed by atoms with Crippen LogP contribution in [0.1, 0.15) is 15.9 Å². The van der Waals surface area contributed by atoms with Gasteiger partial charge in [0.2, 0.25) is 0 Å². The van der Waals surface area contributed by atoms with Crippen LogP contribution in [0.4, 0.5) is 11.5 Å². The Kier molecular flexibility index (Phi) is 5.81. The fourth-order valence-electron chi connectivity index (χ4n) is 3.67. The number of carbonyl (C=O) groups excluding carboxylic acids is 1. The van der Waals surface area contributed by atoms with Crippen LogP contribution in [0.3, 0.4) is 0 Å². The highest BCUT2D eigenvalue weighted by molar-refractivity contribution is 6.33. The van der Waals surface area contributed by atoms with Crippen molar-refractivity contribution in [3.8, 4) is 11.3 Å². The molecule has 0 bridgehead atoms. The molecule has 0 aliphatic carbocycles. The summed E-state index contributed by atoms with van der Waals surface area (Å²) < 4.78 is 0. The largest absolute Gasteiger partial charge is 0.352 e. The number of nitro benzene ring substituents is 1. The lowest BCUT2D eigenvalue weighted by atomic mass is 10.1. The minimum absolute atomic E-state index is 0.0432. The molecule has 1 fully saturated rings. The van der Waals surface area contributed by atoms with Crippen molar-refractivity contribution in [1.29, 1.82) is 0 Å². The quantitative estimate of drug-likeness (QED) is 0.453. The van der Waals surface area contributed by atoms with E-state index in [0.717, 1.165) is 11.4 Å². The van der Waals surface area contributed by atoms with E-state index < -0.39 is 4.92 Å². The number of piperazine rings is 1. The first kappa shape index (κ1) is 20.7. The van der Waals surface area contributed by atoms with Crippen molar-refractivity contribution in [1.82, 2.24) is 15.1 Å². The number of nitro groups is 1. The lowest BCUT2D eigenvalue weighted by Gasteiger charge is -2.35. The number of hydrogen-bond acceptors (Lipinski definition) is 6. The van der Waals surface area contributed by atoms with E-state index in [1.54, 1.807) is 24.0 Å². The second kappa shape index (κ2) is 8.69. The fraction of sp³-hybridized carbons (Fsp3) is 0.227. The highest BCUT2D eigenvalue weighted by Gasteiger charge is 2.26. The Bertz CT molecular complexity index is 1130. The van der Waals surface area contributed by atoms with Crippen molar-refractivity contribution < 1.29 is 9.72 Å². The van der Waals surface area contributed by atoms with Crippen LogP contribution in [0.2, 0.25) is 5.02 Å². The zero-order valence-electron chi connectivity index (χ0n) is 16.9. The van der Waals surface area contributed by atoms with E-state index in [1.807, 2.05) is 36.4 Å². The molecule has 0 atom stereocenters. The Hall–Kier alpha value is -3.52. The van der Waals surface area contributed by atoms with E-state index in [4.69, 9.17) is 11.6 Å². The fourth-order valence-corrected chi connectivity index (χ4v) is 3.90. The van der Waals surface area contributed by atoms with E-state index in [0.29, 0.717) is 48.0 Å². The topological polar surface area (TPSA) is 92.5 Å². The molecule has 4 rings (SSSR count). The minimum Gasteiger partial charge on any atom is -0.352 e. The summed E-state index contributed by atoms with van der Waals surface area (Å²) in [6, 6.07) is 15.8. The van der Waals surface area contributed by atoms with Crippen LogP contribution in [0, 0.1) is 17.0 Å². The predicted octanol–water partition coefficient (Wildman–Crippen LogP) is 3.98. The third kappa shape index (κ3) is 4.20. The number of hydrogen-bond donors (Lipinski definition) is 0. The van der Waals surface area contributed by atoms with Gasteiger partial charge < -0.3 is 9.80 Å². The molecular formula is C22H20ClN5O3. The third-order valence-electron chi connectivity index (χ3n) is 5.42. The molecule has 31 heavy (non-hydrogen) atoms. The monoisotopic (exact) mass is 437 g/mol. The van der Waals surface area contributed by atoms with Crippen LogP contribution in [0.5, 0.6) is 0 Å². The van der Waals surface area contributed by atoms with Crippen molar-refractivity contribution in [2.24, 2.45) is 0 Å². The summed E-state index contributed by atoms with van der Waals surface area (Å²) in [6.07, 6.45) is 0. The summed E-state index contributed by atoms with van der Waals surface area (Å²) in [5.74, 6) is 0.537. The average Bonchev–Trinajstić information content (AvgIpc) is 2.79. The molecular weight excluding hydrogens is 418 g/mol. The van der Waals surface area contributed by atoms with Gasteiger partial charge in [-0.2, -0.15) is 0 Å². The first-order valence-electron chi connectivity index (χ1n) is 9.82. The third-order valence-corrected chi connectivity index (χ3v) is 5.75. The second-order valence-electron chi connectivity index (χ2n) is 7.24. The van der Waals surface area contributed by atoms with Gasteiger partial charge in [-0.3, -0.25) is 14.9 Å². The maximum atomic E-state index is 12.9. The van der Waals surface area contributed by atoms with Crippen LogP contribution in [-0.2, 0) is 0 Å². The van der Waals surface area contributed by atoms with Gasteiger partial charge in [-0.05, 0) is 31.2 Å². The van der Waals surface area contributed by atoms with Crippen molar-refractivity contribution >= 4 is 29.0 Å². The highest BCUT2D eigenvalue weighted by Crippen LogP contribution is 2.27. The molecule has 1 saturated heterocycles. The molecule has 0 radical (unpaired) electrons. The number of halogens is 1. The summed E-state index contributed by atoms with van der Waals surface area (Å²) in [6.45, 7) is 3.79. The van der Waals surface area contributed by atoms with E-state index in [2.05, 4.69) is 15.1 Å². The normalized spacial score (nSPS) is 13.9. The van der Waals surface area contributed by atoms with Gasteiger partial charge in [0.25, 0.3) is 11.6 Å². The first-order valence-corrected chi connectivity index (χ1v) is 10.2. The Morgan fingerprint density at radius 2 is 1.74 bits per heavy atom. The average molecular weight is 438 g/mol. The number of carbonyl (C=O) groups is 1. The molecule has 3 aromatic rings. The Morgan fingerprint density at radius 3 is 2.39 bits per heavy atom. The smallest absolute Gasteiger partial charge is 0.273 e.